The molecule has 0 saturated carbocycles. The molecule has 0 aliphatic carbocycles. The van der Waals surface area contributed by atoms with Crippen molar-refractivity contribution in [1.82, 2.24) is 0 Å². The molecule has 0 aliphatic heterocycles. The fraction of sp³-hybridized carbons (Fsp3) is 1.00. The van der Waals surface area contributed by atoms with Crippen LogP contribution in [0.1, 0.15) is 0 Å². The van der Waals surface area contributed by atoms with Crippen LogP contribution in [0, 0.1) is 0 Å². The van der Waals surface area contributed by atoms with Gasteiger partial charge in [-0.1, -0.05) is 0 Å². The van der Waals surface area contributed by atoms with Crippen molar-refractivity contribution in [2.75, 3.05) is 7.11 Å². The Kier molecular flexibility index (Phi) is 84.8. The van der Waals surface area contributed by atoms with E-state index in [2.05, 4.69) is 28.1 Å². The first kappa shape index (κ1) is 8.87. The summed E-state index contributed by atoms with van der Waals surface area (Å²) in [6, 6.07) is 0. The van der Waals surface area contributed by atoms with Gasteiger partial charge in [-0.05, 0) is 0 Å². The van der Waals surface area contributed by atoms with Crippen LogP contribution >= 0.6 is 14.2 Å². The molecule has 0 radical (unpaired) electrons. The van der Waals surface area contributed by atoms with Gasteiger partial charge in [0.2, 0.25) is 0 Å². The van der Waals surface area contributed by atoms with E-state index in [1.165, 1.54) is 0 Å². The molecule has 0 bridgehead atoms. The molecule has 0 fully saturated rings. The fourth-order valence-electron chi connectivity index (χ4n) is 0. The Labute approximate surface area is 40.7 Å². The molecule has 0 atom stereocenters. The van der Waals surface area contributed by atoms with Crippen molar-refractivity contribution < 1.29 is 19.1 Å². The van der Waals surface area contributed by atoms with Crippen molar-refractivity contribution in [3.05, 3.63) is 0 Å². The van der Waals surface area contributed by atoms with Crippen LogP contribution in [0.2, 0.25) is 0 Å². The minimum absolute atomic E-state index is 1.00. The summed E-state index contributed by atoms with van der Waals surface area (Å²) in [6.07, 6.45) is 0. The predicted octanol–water partition coefficient (Wildman–Crippen LogP) is 0.452. The van der Waals surface area contributed by atoms with Crippen LogP contribution in [0.3, 0.4) is 0 Å². The van der Waals surface area contributed by atoms with E-state index in [0.717, 1.165) is 7.11 Å². The molecule has 0 heterocycles. The van der Waals surface area contributed by atoms with Gasteiger partial charge < -0.3 is 5.11 Å². The zero-order valence-corrected chi connectivity index (χ0v) is 4.79. The van der Waals surface area contributed by atoms with E-state index in [-0.39, 0.29) is 0 Å². The summed E-state index contributed by atoms with van der Waals surface area (Å²) in [6.45, 7) is 0. The van der Waals surface area contributed by atoms with E-state index in [4.69, 9.17) is 5.11 Å². The van der Waals surface area contributed by atoms with Gasteiger partial charge in [0.1, 0.15) is 0 Å². The second kappa shape index (κ2) is 38.2. The Morgan fingerprint density at radius 3 is 1.50 bits per heavy atom. The second-order valence-corrected chi connectivity index (χ2v) is 0. The molecule has 1 nitrogen and oxygen atoms in total. The van der Waals surface area contributed by atoms with Gasteiger partial charge in [0.15, 0.2) is 0 Å². The van der Waals surface area contributed by atoms with E-state index in [1.807, 2.05) is 0 Å². The van der Waals surface area contributed by atoms with Crippen LogP contribution in [0.15, 0.2) is 0 Å². The molecule has 1 N–H and O–H groups in total. The van der Waals surface area contributed by atoms with Crippen LogP contribution in [-0.2, 0) is 13.9 Å². The molecule has 0 aromatic rings. The molecule has 0 aliphatic rings. The van der Waals surface area contributed by atoms with Crippen molar-refractivity contribution in [2.45, 2.75) is 0 Å². The van der Waals surface area contributed by atoms with E-state index >= 15 is 0 Å². The summed E-state index contributed by atoms with van der Waals surface area (Å²) in [5.41, 5.74) is 0. The molecule has 0 amide bonds. The Hall–Kier alpha value is 0.946. The first-order valence-electron chi connectivity index (χ1n) is 0.573. The monoisotopic (exact) mass is 170 g/mol. The van der Waals surface area contributed by atoms with Gasteiger partial charge in [-0.15, -0.1) is 0 Å². The Balaban J connectivity index is 0. The van der Waals surface area contributed by atoms with Crippen molar-refractivity contribution >= 4 is 14.2 Å². The molecule has 0 aromatic carbocycles. The standard InChI is InChI=1S/CH4O.BrH.Co/c1-2;;/h2H,1H3;1H;/q;;+1/p-1. The van der Waals surface area contributed by atoms with E-state index in [1.54, 1.807) is 0 Å². The maximum absolute atomic E-state index is 7.00. The summed E-state index contributed by atoms with van der Waals surface area (Å²) < 4.78 is 0. The van der Waals surface area contributed by atoms with Gasteiger partial charge in [-0.3, -0.25) is 0 Å². The Bertz CT molecular complexity index is 8.00. The van der Waals surface area contributed by atoms with Crippen LogP contribution in [0.5, 0.6) is 0 Å². The molecule has 0 spiro atoms. The average Bonchev–Trinajstić information content (AvgIpc) is 1.50. The summed E-state index contributed by atoms with van der Waals surface area (Å²) >= 11 is 6.00. The zero-order chi connectivity index (χ0) is 4.00. The quantitative estimate of drug-likeness (QED) is 0.560. The van der Waals surface area contributed by atoms with Crippen LogP contribution in [-0.4, -0.2) is 12.2 Å². The number of rotatable bonds is 0. The van der Waals surface area contributed by atoms with Crippen molar-refractivity contribution in [3.8, 4) is 0 Å². The third-order valence-electron chi connectivity index (χ3n) is 0. The van der Waals surface area contributed by atoms with E-state index < -0.39 is 0 Å². The number of aliphatic hydroxyl groups is 1. The van der Waals surface area contributed by atoms with Gasteiger partial charge in [-0.25, -0.2) is 0 Å². The van der Waals surface area contributed by atoms with Crippen molar-refractivity contribution in [3.63, 3.8) is 0 Å². The first-order valence-corrected chi connectivity index (χ1v) is 3.15. The molecule has 4 heavy (non-hydrogen) atoms. The van der Waals surface area contributed by atoms with Gasteiger partial charge in [0.05, 0.1) is 0 Å². The maximum atomic E-state index is 7.00. The number of hydrogen-bond acceptors (Lipinski definition) is 1. The molecule has 0 aromatic heterocycles. The second-order valence-electron chi connectivity index (χ2n) is 0. The zero-order valence-electron chi connectivity index (χ0n) is 2.16. The molecule has 0 saturated heterocycles. The van der Waals surface area contributed by atoms with Gasteiger partial charge >= 0.3 is 28.1 Å². The number of halogens is 1. The summed E-state index contributed by atoms with van der Waals surface area (Å²) in [5.74, 6) is 0. The van der Waals surface area contributed by atoms with Gasteiger partial charge in [-0.2, -0.15) is 0 Å². The molecule has 0 rings (SSSR count). The molecule has 30 valence electrons. The normalized spacial score (nSPS) is 3.25. The van der Waals surface area contributed by atoms with Gasteiger partial charge in [0, 0.05) is 7.11 Å². The van der Waals surface area contributed by atoms with Gasteiger partial charge in [0.25, 0.3) is 0 Å². The fourth-order valence-corrected chi connectivity index (χ4v) is 0. The van der Waals surface area contributed by atoms with Crippen LogP contribution in [0.4, 0.5) is 0 Å². The Morgan fingerprint density at radius 2 is 1.50 bits per heavy atom. The molecule has 0 unspecified atom stereocenters. The summed E-state index contributed by atoms with van der Waals surface area (Å²) in [5, 5.41) is 7.00. The Morgan fingerprint density at radius 1 is 1.50 bits per heavy atom. The third kappa shape index (κ3) is 12.5. The van der Waals surface area contributed by atoms with E-state index in [0.29, 0.717) is 0 Å². The molecular weight excluding hydrogens is 167 g/mol. The number of hydrogen-bond donors (Lipinski definition) is 1. The minimum atomic E-state index is 1.00. The number of aliphatic hydroxyl groups excluding tert-OH is 1. The van der Waals surface area contributed by atoms with E-state index in [9.17, 15) is 0 Å². The summed E-state index contributed by atoms with van der Waals surface area (Å²) in [4.78, 5) is 0. The van der Waals surface area contributed by atoms with Crippen LogP contribution in [0.25, 0.3) is 0 Å². The SMILES string of the molecule is CO.[Co][Br]. The van der Waals surface area contributed by atoms with Crippen LogP contribution < -0.4 is 0 Å². The molecule has 3 heteroatoms. The molecular formula is CH4BrCoO. The average molecular weight is 171 g/mol. The third-order valence-corrected chi connectivity index (χ3v) is 0. The first-order chi connectivity index (χ1) is 2.00. The topological polar surface area (TPSA) is 20.2 Å². The van der Waals surface area contributed by atoms with Crippen molar-refractivity contribution in [2.24, 2.45) is 0 Å². The summed E-state index contributed by atoms with van der Waals surface area (Å²) in [7, 11) is 1.00. The van der Waals surface area contributed by atoms with Crippen molar-refractivity contribution in [1.29, 1.82) is 0 Å². The predicted molar refractivity (Wildman–Crippen MR) is 17.1 cm³/mol.